The smallest absolute Gasteiger partial charge is 0.343 e. The lowest BCUT2D eigenvalue weighted by atomic mass is 10.0. The molecule has 1 aromatic heterocycles. The maximum atomic E-state index is 14.1. The quantitative estimate of drug-likeness (QED) is 0.0838. The molecule has 0 aliphatic heterocycles. The minimum absolute atomic E-state index is 0.177. The number of ether oxygens (including phenoxy) is 3. The Morgan fingerprint density at radius 1 is 1.00 bits per heavy atom. The van der Waals surface area contributed by atoms with Gasteiger partial charge in [-0.3, -0.25) is 4.79 Å². The first-order chi connectivity index (χ1) is 20.4. The molecule has 0 saturated heterocycles. The molecule has 2 N–H and O–H groups in total. The largest absolute Gasteiger partial charge is 0.497 e. The fourth-order valence-electron chi connectivity index (χ4n) is 4.34. The van der Waals surface area contributed by atoms with E-state index < -0.39 is 17.7 Å². The zero-order chi connectivity index (χ0) is 29.6. The molecule has 0 aliphatic carbocycles. The molecular weight excluding hydrogens is 561 g/mol. The van der Waals surface area contributed by atoms with Gasteiger partial charge < -0.3 is 19.2 Å². The highest BCUT2D eigenvalue weighted by atomic mass is 35.5. The summed E-state index contributed by atoms with van der Waals surface area (Å²) in [5.74, 6) is -0.367. The number of hydrogen-bond donors (Lipinski definition) is 2. The maximum Gasteiger partial charge on any atom is 0.343 e. The van der Waals surface area contributed by atoms with Crippen molar-refractivity contribution in [3.8, 4) is 28.4 Å². The average Bonchev–Trinajstić information content (AvgIpc) is 3.37. The molecule has 0 atom stereocenters. The van der Waals surface area contributed by atoms with Gasteiger partial charge in [0.25, 0.3) is 5.91 Å². The number of aromatic amines is 1. The second-order valence-corrected chi connectivity index (χ2v) is 9.41. The number of nitrogens with zero attached hydrogens (tertiary/aromatic N) is 1. The molecule has 0 radical (unpaired) electrons. The van der Waals surface area contributed by atoms with E-state index >= 15 is 0 Å². The molecule has 1 amide bonds. The summed E-state index contributed by atoms with van der Waals surface area (Å²) >= 11 is 6.43. The summed E-state index contributed by atoms with van der Waals surface area (Å²) in [7, 11) is 1.54. The van der Waals surface area contributed by atoms with Crippen molar-refractivity contribution in [1.29, 1.82) is 0 Å². The number of hydrogen-bond acceptors (Lipinski definition) is 6. The minimum Gasteiger partial charge on any atom is -0.497 e. The lowest BCUT2D eigenvalue weighted by molar-refractivity contribution is 0.0728. The predicted octanol–water partition coefficient (Wildman–Crippen LogP) is 7.02. The zero-order valence-corrected chi connectivity index (χ0v) is 23.4. The second-order valence-electron chi connectivity index (χ2n) is 9.00. The fraction of sp³-hybridized carbons (Fsp3) is 0.0938. The van der Waals surface area contributed by atoms with Gasteiger partial charge >= 0.3 is 5.97 Å². The van der Waals surface area contributed by atoms with Crippen LogP contribution in [0.1, 0.15) is 33.3 Å². The van der Waals surface area contributed by atoms with E-state index in [1.165, 1.54) is 18.3 Å². The average molecular weight is 586 g/mol. The monoisotopic (exact) mass is 585 g/mol. The Labute approximate surface area is 245 Å². The number of fused-ring (bicyclic) bond motifs is 1. The zero-order valence-electron chi connectivity index (χ0n) is 22.6. The van der Waals surface area contributed by atoms with Crippen molar-refractivity contribution >= 4 is 40.6 Å². The van der Waals surface area contributed by atoms with E-state index in [-0.39, 0.29) is 11.4 Å². The van der Waals surface area contributed by atoms with E-state index in [9.17, 15) is 14.0 Å². The molecule has 0 saturated carbocycles. The summed E-state index contributed by atoms with van der Waals surface area (Å²) in [5.41, 5.74) is 5.22. The summed E-state index contributed by atoms with van der Waals surface area (Å²) in [6.45, 7) is 2.13. The number of nitrogens with one attached hydrogen (secondary N) is 2. The molecule has 0 fully saturated rings. The highest BCUT2D eigenvalue weighted by Crippen LogP contribution is 2.37. The van der Waals surface area contributed by atoms with Gasteiger partial charge in [0, 0.05) is 27.1 Å². The first kappa shape index (κ1) is 28.4. The summed E-state index contributed by atoms with van der Waals surface area (Å²) in [6, 6.07) is 22.6. The molecule has 0 spiro atoms. The van der Waals surface area contributed by atoms with Gasteiger partial charge in [0.1, 0.15) is 17.3 Å². The Hall–Kier alpha value is -5.15. The molecule has 4 aromatic carbocycles. The number of hydrazone groups is 1. The third kappa shape index (κ3) is 6.11. The van der Waals surface area contributed by atoms with E-state index in [2.05, 4.69) is 15.5 Å². The van der Waals surface area contributed by atoms with Crippen molar-refractivity contribution in [3.63, 3.8) is 0 Å². The van der Waals surface area contributed by atoms with Crippen LogP contribution < -0.4 is 19.6 Å². The molecular formula is C32H25ClFN3O5. The number of benzene rings is 4. The normalized spacial score (nSPS) is 11.0. The van der Waals surface area contributed by atoms with Gasteiger partial charge in [-0.2, -0.15) is 5.10 Å². The van der Waals surface area contributed by atoms with Gasteiger partial charge in [0.2, 0.25) is 0 Å². The summed E-state index contributed by atoms with van der Waals surface area (Å²) in [5, 5.41) is 5.02. The number of carbonyl (C=O) groups excluding carboxylic acids is 2. The summed E-state index contributed by atoms with van der Waals surface area (Å²) in [6.07, 6.45) is 1.42. The molecule has 10 heteroatoms. The number of methoxy groups -OCH3 is 1. The van der Waals surface area contributed by atoms with Crippen LogP contribution in [-0.2, 0) is 0 Å². The van der Waals surface area contributed by atoms with Gasteiger partial charge in [0.15, 0.2) is 11.5 Å². The van der Waals surface area contributed by atoms with Crippen LogP contribution in [-0.4, -0.2) is 36.8 Å². The van der Waals surface area contributed by atoms with E-state index in [1.807, 2.05) is 0 Å². The van der Waals surface area contributed by atoms with Crippen molar-refractivity contribution in [3.05, 3.63) is 113 Å². The SMILES string of the molecule is CCOc1cc(C=NNC(=O)c2[nH]c3ccc(F)cc3c2-c2ccccc2Cl)ccc1OC(=O)c1ccc(OC)cc1. The molecule has 0 aliphatic rings. The Morgan fingerprint density at radius 2 is 1.79 bits per heavy atom. The lowest BCUT2D eigenvalue weighted by Gasteiger charge is -2.11. The molecule has 5 aromatic rings. The topological polar surface area (TPSA) is 102 Å². The molecule has 5 rings (SSSR count). The number of halogens is 2. The minimum atomic E-state index is -0.556. The molecule has 42 heavy (non-hydrogen) atoms. The molecule has 0 unspecified atom stereocenters. The predicted molar refractivity (Wildman–Crippen MR) is 159 cm³/mol. The van der Waals surface area contributed by atoms with Crippen molar-refractivity contribution in [2.75, 3.05) is 13.7 Å². The van der Waals surface area contributed by atoms with Gasteiger partial charge in [-0.1, -0.05) is 29.8 Å². The Balaban J connectivity index is 1.36. The van der Waals surface area contributed by atoms with Crippen LogP contribution in [0.5, 0.6) is 17.2 Å². The maximum absolute atomic E-state index is 14.1. The van der Waals surface area contributed by atoms with Gasteiger partial charge in [-0.05, 0) is 79.2 Å². The van der Waals surface area contributed by atoms with Crippen LogP contribution in [0.2, 0.25) is 5.02 Å². The van der Waals surface area contributed by atoms with E-state index in [0.29, 0.717) is 56.3 Å². The number of rotatable bonds is 9. The van der Waals surface area contributed by atoms with Crippen LogP contribution in [0.4, 0.5) is 4.39 Å². The van der Waals surface area contributed by atoms with Crippen LogP contribution in [0.3, 0.4) is 0 Å². The van der Waals surface area contributed by atoms with Gasteiger partial charge in [0.05, 0.1) is 25.5 Å². The molecule has 0 bridgehead atoms. The molecule has 1 heterocycles. The first-order valence-electron chi connectivity index (χ1n) is 12.9. The van der Waals surface area contributed by atoms with Gasteiger partial charge in [-0.15, -0.1) is 0 Å². The van der Waals surface area contributed by atoms with Crippen molar-refractivity contribution in [2.45, 2.75) is 6.92 Å². The van der Waals surface area contributed by atoms with Crippen LogP contribution in [0.15, 0.2) is 90.0 Å². The Morgan fingerprint density at radius 3 is 2.52 bits per heavy atom. The second kappa shape index (κ2) is 12.6. The number of esters is 1. The Kier molecular flexibility index (Phi) is 8.50. The molecule has 8 nitrogen and oxygen atoms in total. The number of carbonyl (C=O) groups is 2. The third-order valence-corrected chi connectivity index (χ3v) is 6.64. The van der Waals surface area contributed by atoms with E-state index in [4.69, 9.17) is 25.8 Å². The van der Waals surface area contributed by atoms with Gasteiger partial charge in [-0.25, -0.2) is 14.6 Å². The summed E-state index contributed by atoms with van der Waals surface area (Å²) in [4.78, 5) is 28.9. The number of H-pyrrole nitrogens is 1. The fourth-order valence-corrected chi connectivity index (χ4v) is 4.57. The number of amides is 1. The van der Waals surface area contributed by atoms with Crippen LogP contribution in [0, 0.1) is 5.82 Å². The van der Waals surface area contributed by atoms with E-state index in [1.54, 1.807) is 86.8 Å². The van der Waals surface area contributed by atoms with Crippen molar-refractivity contribution in [1.82, 2.24) is 10.4 Å². The lowest BCUT2D eigenvalue weighted by Crippen LogP contribution is -2.19. The van der Waals surface area contributed by atoms with Crippen LogP contribution >= 0.6 is 11.6 Å². The third-order valence-electron chi connectivity index (χ3n) is 6.31. The van der Waals surface area contributed by atoms with Crippen LogP contribution in [0.25, 0.3) is 22.0 Å². The van der Waals surface area contributed by atoms with E-state index in [0.717, 1.165) is 0 Å². The standard InChI is InChI=1S/C32H25ClFN3O5/c1-3-41-28-16-19(8-15-27(28)42-32(39)20-9-12-22(40-2)13-10-20)18-35-37-31(38)30-29(23-6-4-5-7-25(23)33)24-17-21(34)11-14-26(24)36-30/h4-18,36H,3H2,1-2H3,(H,37,38). The van der Waals surface area contributed by atoms with Crippen molar-refractivity contribution < 1.29 is 28.2 Å². The first-order valence-corrected chi connectivity index (χ1v) is 13.3. The van der Waals surface area contributed by atoms with Crippen molar-refractivity contribution in [2.24, 2.45) is 5.10 Å². The highest BCUT2D eigenvalue weighted by molar-refractivity contribution is 6.34. The summed E-state index contributed by atoms with van der Waals surface area (Å²) < 4.78 is 30.5. The highest BCUT2D eigenvalue weighted by Gasteiger charge is 2.21. The Bertz CT molecular complexity index is 1800. The number of aromatic nitrogens is 1. The molecule has 212 valence electrons.